The van der Waals surface area contributed by atoms with E-state index < -0.39 is 5.60 Å². The van der Waals surface area contributed by atoms with Crippen molar-refractivity contribution >= 4 is 5.97 Å². The molecule has 0 amide bonds. The number of carbonyl (C=O) groups excluding carboxylic acids is 1. The minimum absolute atomic E-state index is 0.151. The summed E-state index contributed by atoms with van der Waals surface area (Å²) in [6.45, 7) is 9.95. The molecule has 122 valence electrons. The molecule has 2 unspecified atom stereocenters. The predicted molar refractivity (Wildman–Crippen MR) is 86.9 cm³/mol. The van der Waals surface area contributed by atoms with Gasteiger partial charge in [0.15, 0.2) is 0 Å². The third-order valence-electron chi connectivity index (χ3n) is 3.71. The Kier molecular flexibility index (Phi) is 5.46. The predicted octanol–water partition coefficient (Wildman–Crippen LogP) is 3.12. The molecular weight excluding hydrogens is 278 g/mol. The van der Waals surface area contributed by atoms with Crippen molar-refractivity contribution in [1.29, 1.82) is 0 Å². The molecule has 1 aliphatic heterocycles. The molecular formula is C18H27NO3. The number of carbonyl (C=O) groups is 1. The van der Waals surface area contributed by atoms with Gasteiger partial charge in [0, 0.05) is 19.0 Å². The Hall–Kier alpha value is -1.55. The Labute approximate surface area is 133 Å². The fourth-order valence-corrected chi connectivity index (χ4v) is 2.76. The summed E-state index contributed by atoms with van der Waals surface area (Å²) in [6.07, 6.45) is 1.14. The van der Waals surface area contributed by atoms with Crippen molar-refractivity contribution in [2.75, 3.05) is 19.6 Å². The summed E-state index contributed by atoms with van der Waals surface area (Å²) >= 11 is 0. The van der Waals surface area contributed by atoms with E-state index in [0.29, 0.717) is 12.5 Å². The zero-order valence-corrected chi connectivity index (χ0v) is 14.0. The number of rotatable bonds is 4. The second kappa shape index (κ2) is 7.14. The van der Waals surface area contributed by atoms with Gasteiger partial charge in [-0.2, -0.15) is 0 Å². The van der Waals surface area contributed by atoms with Gasteiger partial charge in [-0.1, -0.05) is 25.1 Å². The first kappa shape index (κ1) is 16.8. The zero-order chi connectivity index (χ0) is 16.2. The van der Waals surface area contributed by atoms with Gasteiger partial charge in [-0.25, -0.2) is 0 Å². The first-order valence-corrected chi connectivity index (χ1v) is 7.99. The van der Waals surface area contributed by atoms with Gasteiger partial charge in [0.1, 0.15) is 17.5 Å². The Morgan fingerprint density at radius 2 is 1.95 bits per heavy atom. The van der Waals surface area contributed by atoms with E-state index in [0.717, 1.165) is 25.3 Å². The van der Waals surface area contributed by atoms with Gasteiger partial charge in [-0.3, -0.25) is 9.69 Å². The van der Waals surface area contributed by atoms with Gasteiger partial charge in [0.25, 0.3) is 0 Å². The molecule has 4 nitrogen and oxygen atoms in total. The number of piperidine rings is 1. The number of ether oxygens (including phenoxy) is 2. The second-order valence-electron chi connectivity index (χ2n) is 7.06. The number of benzene rings is 1. The molecule has 2 atom stereocenters. The molecule has 0 aliphatic carbocycles. The summed E-state index contributed by atoms with van der Waals surface area (Å²) in [7, 11) is 0. The van der Waals surface area contributed by atoms with E-state index in [1.807, 2.05) is 51.1 Å². The van der Waals surface area contributed by atoms with Crippen LogP contribution in [0.1, 0.15) is 34.1 Å². The van der Waals surface area contributed by atoms with Gasteiger partial charge in [0.05, 0.1) is 6.54 Å². The van der Waals surface area contributed by atoms with Crippen molar-refractivity contribution in [2.24, 2.45) is 5.92 Å². The van der Waals surface area contributed by atoms with Gasteiger partial charge in [0.2, 0.25) is 0 Å². The maximum atomic E-state index is 11.9. The highest BCUT2D eigenvalue weighted by Crippen LogP contribution is 2.23. The molecule has 4 heteroatoms. The van der Waals surface area contributed by atoms with Crippen LogP contribution >= 0.6 is 0 Å². The van der Waals surface area contributed by atoms with Crippen molar-refractivity contribution in [3.63, 3.8) is 0 Å². The zero-order valence-electron chi connectivity index (χ0n) is 14.0. The van der Waals surface area contributed by atoms with Crippen molar-refractivity contribution < 1.29 is 14.3 Å². The largest absolute Gasteiger partial charge is 0.490 e. The van der Waals surface area contributed by atoms with Crippen LogP contribution in [-0.2, 0) is 9.53 Å². The Balaban J connectivity index is 1.81. The summed E-state index contributed by atoms with van der Waals surface area (Å²) in [5.41, 5.74) is -0.419. The smallest absolute Gasteiger partial charge is 0.320 e. The number of para-hydroxylation sites is 1. The molecule has 1 aromatic rings. The van der Waals surface area contributed by atoms with Crippen molar-refractivity contribution in [3.05, 3.63) is 30.3 Å². The maximum Gasteiger partial charge on any atom is 0.320 e. The van der Waals surface area contributed by atoms with Gasteiger partial charge >= 0.3 is 5.97 Å². The van der Waals surface area contributed by atoms with E-state index >= 15 is 0 Å². The lowest BCUT2D eigenvalue weighted by molar-refractivity contribution is -0.156. The monoisotopic (exact) mass is 305 g/mol. The Bertz CT molecular complexity index is 481. The Morgan fingerprint density at radius 1 is 1.27 bits per heavy atom. The number of hydrogen-bond donors (Lipinski definition) is 0. The van der Waals surface area contributed by atoms with Gasteiger partial charge in [-0.15, -0.1) is 0 Å². The van der Waals surface area contributed by atoms with Crippen LogP contribution in [0.5, 0.6) is 5.75 Å². The van der Waals surface area contributed by atoms with E-state index in [1.165, 1.54) is 0 Å². The highest BCUT2D eigenvalue weighted by molar-refractivity contribution is 5.72. The SMILES string of the molecule is CC1CN(CC(=O)OC(C)(C)C)CCC1Oc1ccccc1. The lowest BCUT2D eigenvalue weighted by Gasteiger charge is -2.36. The molecule has 1 aromatic carbocycles. The fraction of sp³-hybridized carbons (Fsp3) is 0.611. The average Bonchev–Trinajstić information content (AvgIpc) is 2.41. The van der Waals surface area contributed by atoms with Crippen LogP contribution in [0.4, 0.5) is 0 Å². The van der Waals surface area contributed by atoms with Crippen LogP contribution in [0, 0.1) is 5.92 Å². The van der Waals surface area contributed by atoms with Crippen LogP contribution in [0.3, 0.4) is 0 Å². The highest BCUT2D eigenvalue weighted by atomic mass is 16.6. The summed E-state index contributed by atoms with van der Waals surface area (Å²) in [5.74, 6) is 1.15. The summed E-state index contributed by atoms with van der Waals surface area (Å²) in [6, 6.07) is 9.93. The van der Waals surface area contributed by atoms with E-state index in [1.54, 1.807) is 0 Å². The summed E-state index contributed by atoms with van der Waals surface area (Å²) in [4.78, 5) is 14.1. The molecule has 22 heavy (non-hydrogen) atoms. The first-order chi connectivity index (χ1) is 10.3. The third kappa shape index (κ3) is 5.34. The van der Waals surface area contributed by atoms with E-state index in [9.17, 15) is 4.79 Å². The van der Waals surface area contributed by atoms with E-state index in [-0.39, 0.29) is 12.1 Å². The molecule has 0 saturated carbocycles. The molecule has 2 rings (SSSR count). The molecule has 0 bridgehead atoms. The van der Waals surface area contributed by atoms with Crippen LogP contribution in [0.2, 0.25) is 0 Å². The standard InChI is InChI=1S/C18H27NO3/c1-14-12-19(13-17(20)22-18(2,3)4)11-10-16(14)21-15-8-6-5-7-9-15/h5-9,14,16H,10-13H2,1-4H3. The van der Waals surface area contributed by atoms with Crippen LogP contribution in [-0.4, -0.2) is 42.2 Å². The van der Waals surface area contributed by atoms with Crippen LogP contribution in [0.25, 0.3) is 0 Å². The minimum atomic E-state index is -0.419. The van der Waals surface area contributed by atoms with Gasteiger partial charge in [-0.05, 0) is 39.3 Å². The Morgan fingerprint density at radius 3 is 2.55 bits per heavy atom. The molecule has 0 radical (unpaired) electrons. The average molecular weight is 305 g/mol. The molecule has 0 aromatic heterocycles. The third-order valence-corrected chi connectivity index (χ3v) is 3.71. The lowest BCUT2D eigenvalue weighted by atomic mass is 9.96. The molecule has 1 heterocycles. The van der Waals surface area contributed by atoms with Crippen molar-refractivity contribution in [3.8, 4) is 5.75 Å². The van der Waals surface area contributed by atoms with Crippen LogP contribution < -0.4 is 4.74 Å². The molecule has 0 N–H and O–H groups in total. The lowest BCUT2D eigenvalue weighted by Crippen LogP contribution is -2.46. The maximum absolute atomic E-state index is 11.9. The summed E-state index contributed by atoms with van der Waals surface area (Å²) in [5, 5.41) is 0. The second-order valence-corrected chi connectivity index (χ2v) is 7.06. The molecule has 1 fully saturated rings. The quantitative estimate of drug-likeness (QED) is 0.801. The van der Waals surface area contributed by atoms with Crippen LogP contribution in [0.15, 0.2) is 30.3 Å². The number of hydrogen-bond acceptors (Lipinski definition) is 4. The summed E-state index contributed by atoms with van der Waals surface area (Å²) < 4.78 is 11.4. The normalized spacial score (nSPS) is 23.1. The number of esters is 1. The molecule has 1 aliphatic rings. The minimum Gasteiger partial charge on any atom is -0.490 e. The van der Waals surface area contributed by atoms with Crippen molar-refractivity contribution in [1.82, 2.24) is 4.90 Å². The molecule has 1 saturated heterocycles. The fourth-order valence-electron chi connectivity index (χ4n) is 2.76. The molecule has 0 spiro atoms. The highest BCUT2D eigenvalue weighted by Gasteiger charge is 2.29. The van der Waals surface area contributed by atoms with E-state index in [2.05, 4.69) is 11.8 Å². The number of likely N-dealkylation sites (tertiary alicyclic amines) is 1. The van der Waals surface area contributed by atoms with Gasteiger partial charge < -0.3 is 9.47 Å². The number of nitrogens with zero attached hydrogens (tertiary/aromatic N) is 1. The van der Waals surface area contributed by atoms with E-state index in [4.69, 9.17) is 9.47 Å². The topological polar surface area (TPSA) is 38.8 Å². The first-order valence-electron chi connectivity index (χ1n) is 7.99. The van der Waals surface area contributed by atoms with Crippen molar-refractivity contribution in [2.45, 2.75) is 45.8 Å².